The van der Waals surface area contributed by atoms with Gasteiger partial charge in [-0.15, -0.1) is 11.3 Å². The van der Waals surface area contributed by atoms with Gasteiger partial charge in [-0.3, -0.25) is 9.59 Å². The van der Waals surface area contributed by atoms with E-state index < -0.39 is 18.0 Å². The Kier molecular flexibility index (Phi) is 5.15. The molecule has 0 radical (unpaired) electrons. The average molecular weight is 354 g/mol. The number of carbonyl (C=O) groups is 2. The quantitative estimate of drug-likeness (QED) is 0.836. The molecular formula is C19H18N2O3S. The summed E-state index contributed by atoms with van der Waals surface area (Å²) in [6.45, 7) is 1.55. The molecule has 1 aromatic heterocycles. The predicted molar refractivity (Wildman–Crippen MR) is 95.4 cm³/mol. The Morgan fingerprint density at radius 1 is 1.32 bits per heavy atom. The second kappa shape index (κ2) is 7.49. The molecule has 3 rings (SSSR count). The van der Waals surface area contributed by atoms with Gasteiger partial charge in [-0.25, -0.2) is 0 Å². The highest BCUT2D eigenvalue weighted by Crippen LogP contribution is 2.30. The SMILES string of the molecule is CC(OC(=O)Cc1cc2c(s1)CCC2)C(=O)Nc1ccc(C#N)cc1. The van der Waals surface area contributed by atoms with Crippen LogP contribution < -0.4 is 5.32 Å². The fourth-order valence-electron chi connectivity index (χ4n) is 2.78. The van der Waals surface area contributed by atoms with Crippen molar-refractivity contribution in [1.29, 1.82) is 5.26 Å². The topological polar surface area (TPSA) is 79.2 Å². The number of nitrogens with one attached hydrogen (secondary N) is 1. The number of benzene rings is 1. The fourth-order valence-corrected chi connectivity index (χ4v) is 4.03. The van der Waals surface area contributed by atoms with Gasteiger partial charge in [-0.05, 0) is 62.1 Å². The fraction of sp³-hybridized carbons (Fsp3) is 0.316. The van der Waals surface area contributed by atoms with Crippen LogP contribution in [0.5, 0.6) is 0 Å². The Bertz CT molecular complexity index is 812. The number of thiophene rings is 1. The molecule has 1 unspecified atom stereocenters. The number of amides is 1. The smallest absolute Gasteiger partial charge is 0.311 e. The normalized spacial score (nSPS) is 13.6. The predicted octanol–water partition coefficient (Wildman–Crippen LogP) is 3.22. The summed E-state index contributed by atoms with van der Waals surface area (Å²) in [7, 11) is 0. The van der Waals surface area contributed by atoms with Crippen LogP contribution in [0.15, 0.2) is 30.3 Å². The molecule has 1 aliphatic carbocycles. The van der Waals surface area contributed by atoms with E-state index >= 15 is 0 Å². The Balaban J connectivity index is 1.51. The summed E-state index contributed by atoms with van der Waals surface area (Å²) in [6, 6.07) is 10.6. The molecule has 0 aliphatic heterocycles. The number of nitriles is 1. The standard InChI is InChI=1S/C19H18N2O3S/c1-12(19(23)21-15-7-5-13(11-20)6-8-15)24-18(22)10-16-9-14-3-2-4-17(14)25-16/h5-9,12H,2-4,10H2,1H3,(H,21,23). The molecule has 128 valence electrons. The molecule has 25 heavy (non-hydrogen) atoms. The van der Waals surface area contributed by atoms with Crippen molar-refractivity contribution in [3.05, 3.63) is 51.2 Å². The highest BCUT2D eigenvalue weighted by atomic mass is 32.1. The van der Waals surface area contributed by atoms with Crippen molar-refractivity contribution in [1.82, 2.24) is 0 Å². The third-order valence-corrected chi connectivity index (χ3v) is 5.31. The lowest BCUT2D eigenvalue weighted by Crippen LogP contribution is -2.30. The molecule has 5 nitrogen and oxygen atoms in total. The number of nitrogens with zero attached hydrogens (tertiary/aromatic N) is 1. The molecule has 0 spiro atoms. The maximum Gasteiger partial charge on any atom is 0.311 e. The highest BCUT2D eigenvalue weighted by Gasteiger charge is 2.20. The molecule has 1 aliphatic rings. The van der Waals surface area contributed by atoms with Crippen LogP contribution in [0, 0.1) is 11.3 Å². The molecule has 0 fully saturated rings. The number of ether oxygens (including phenoxy) is 1. The number of anilines is 1. The zero-order valence-corrected chi connectivity index (χ0v) is 14.7. The molecule has 1 atom stereocenters. The van der Waals surface area contributed by atoms with Gasteiger partial charge in [0.15, 0.2) is 6.10 Å². The van der Waals surface area contributed by atoms with E-state index in [2.05, 4.69) is 11.4 Å². The van der Waals surface area contributed by atoms with Crippen molar-refractivity contribution < 1.29 is 14.3 Å². The van der Waals surface area contributed by atoms with E-state index in [1.165, 1.54) is 16.9 Å². The highest BCUT2D eigenvalue weighted by molar-refractivity contribution is 7.12. The van der Waals surface area contributed by atoms with Gasteiger partial charge in [-0.2, -0.15) is 5.26 Å². The monoisotopic (exact) mass is 354 g/mol. The second-order valence-corrected chi connectivity index (χ2v) is 7.22. The van der Waals surface area contributed by atoms with Gasteiger partial charge in [0.1, 0.15) is 0 Å². The number of hydrogen-bond acceptors (Lipinski definition) is 5. The third kappa shape index (κ3) is 4.25. The summed E-state index contributed by atoms with van der Waals surface area (Å²) in [4.78, 5) is 26.5. The minimum atomic E-state index is -0.880. The van der Waals surface area contributed by atoms with Gasteiger partial charge in [0.2, 0.25) is 0 Å². The van der Waals surface area contributed by atoms with Gasteiger partial charge in [-0.1, -0.05) is 0 Å². The molecule has 2 aromatic rings. The van der Waals surface area contributed by atoms with Gasteiger partial charge >= 0.3 is 5.97 Å². The Morgan fingerprint density at radius 3 is 2.76 bits per heavy atom. The zero-order valence-electron chi connectivity index (χ0n) is 13.9. The lowest BCUT2D eigenvalue weighted by Gasteiger charge is -2.13. The van der Waals surface area contributed by atoms with E-state index in [0.717, 1.165) is 17.7 Å². The minimum Gasteiger partial charge on any atom is -0.452 e. The zero-order chi connectivity index (χ0) is 17.8. The minimum absolute atomic E-state index is 0.201. The van der Waals surface area contributed by atoms with Gasteiger partial charge in [0.05, 0.1) is 18.1 Å². The van der Waals surface area contributed by atoms with Crippen LogP contribution >= 0.6 is 11.3 Å². The summed E-state index contributed by atoms with van der Waals surface area (Å²) in [5, 5.41) is 11.4. The summed E-state index contributed by atoms with van der Waals surface area (Å²) < 4.78 is 5.24. The number of fused-ring (bicyclic) bond motifs is 1. The van der Waals surface area contributed by atoms with Crippen molar-refractivity contribution in [3.63, 3.8) is 0 Å². The van der Waals surface area contributed by atoms with E-state index in [0.29, 0.717) is 11.3 Å². The first-order valence-corrected chi connectivity index (χ1v) is 8.98. The van der Waals surface area contributed by atoms with Crippen LogP contribution in [0.25, 0.3) is 0 Å². The molecule has 1 amide bonds. The third-order valence-electron chi connectivity index (χ3n) is 4.08. The van der Waals surface area contributed by atoms with E-state index in [4.69, 9.17) is 10.00 Å². The van der Waals surface area contributed by atoms with Crippen LogP contribution in [-0.2, 0) is 33.6 Å². The second-order valence-electron chi connectivity index (χ2n) is 6.00. The first kappa shape index (κ1) is 17.2. The van der Waals surface area contributed by atoms with Crippen molar-refractivity contribution in [3.8, 4) is 6.07 Å². The van der Waals surface area contributed by atoms with Crippen molar-refractivity contribution in [2.75, 3.05) is 5.32 Å². The average Bonchev–Trinajstić information content (AvgIpc) is 3.16. The largest absolute Gasteiger partial charge is 0.452 e. The van der Waals surface area contributed by atoms with E-state index in [1.54, 1.807) is 42.5 Å². The van der Waals surface area contributed by atoms with Crippen molar-refractivity contribution in [2.45, 2.75) is 38.7 Å². The van der Waals surface area contributed by atoms with Crippen LogP contribution in [0.2, 0.25) is 0 Å². The molecule has 0 saturated heterocycles. The molecule has 0 bridgehead atoms. The van der Waals surface area contributed by atoms with E-state index in [-0.39, 0.29) is 6.42 Å². The first-order valence-electron chi connectivity index (χ1n) is 8.16. The van der Waals surface area contributed by atoms with E-state index in [1.807, 2.05) is 6.07 Å². The number of aryl methyl sites for hydroxylation is 2. The Labute approximate surface area is 150 Å². The molecular weight excluding hydrogens is 336 g/mol. The molecule has 0 saturated carbocycles. The Morgan fingerprint density at radius 2 is 2.08 bits per heavy atom. The molecule has 1 N–H and O–H groups in total. The Hall–Kier alpha value is -2.65. The maximum atomic E-state index is 12.1. The van der Waals surface area contributed by atoms with Gasteiger partial charge in [0, 0.05) is 15.4 Å². The molecule has 1 aromatic carbocycles. The summed E-state index contributed by atoms with van der Waals surface area (Å²) in [6.07, 6.45) is 2.70. The summed E-state index contributed by atoms with van der Waals surface area (Å²) >= 11 is 1.66. The van der Waals surface area contributed by atoms with Crippen LogP contribution in [-0.4, -0.2) is 18.0 Å². The summed E-state index contributed by atoms with van der Waals surface area (Å²) in [5.41, 5.74) is 2.42. The molecule has 6 heteroatoms. The lowest BCUT2D eigenvalue weighted by atomic mass is 10.2. The van der Waals surface area contributed by atoms with Gasteiger partial charge in [0.25, 0.3) is 5.91 Å². The maximum absolute atomic E-state index is 12.1. The number of carbonyl (C=O) groups excluding carboxylic acids is 2. The lowest BCUT2D eigenvalue weighted by molar-refractivity contribution is -0.152. The van der Waals surface area contributed by atoms with E-state index in [9.17, 15) is 9.59 Å². The summed E-state index contributed by atoms with van der Waals surface area (Å²) in [5.74, 6) is -0.797. The number of hydrogen-bond donors (Lipinski definition) is 1. The number of esters is 1. The number of rotatable bonds is 5. The molecule has 1 heterocycles. The van der Waals surface area contributed by atoms with Crippen LogP contribution in [0.1, 0.15) is 34.2 Å². The van der Waals surface area contributed by atoms with Gasteiger partial charge < -0.3 is 10.1 Å². The van der Waals surface area contributed by atoms with Crippen LogP contribution in [0.4, 0.5) is 5.69 Å². The van der Waals surface area contributed by atoms with Crippen LogP contribution in [0.3, 0.4) is 0 Å². The first-order chi connectivity index (χ1) is 12.0. The van der Waals surface area contributed by atoms with Crippen molar-refractivity contribution >= 4 is 28.9 Å². The van der Waals surface area contributed by atoms with Crippen molar-refractivity contribution in [2.24, 2.45) is 0 Å².